The lowest BCUT2D eigenvalue weighted by molar-refractivity contribution is 0.312. The molecule has 21 heavy (non-hydrogen) atoms. The van der Waals surface area contributed by atoms with Gasteiger partial charge in [0, 0.05) is 5.02 Å². The molecule has 0 fully saturated rings. The Morgan fingerprint density at radius 2 is 2.00 bits per heavy atom. The maximum absolute atomic E-state index is 12.1. The first-order chi connectivity index (χ1) is 9.98. The molecule has 6 nitrogen and oxygen atoms in total. The standard InChI is InChI=1S/C13H14ClN3O3S/c1-2-20-13-15-7-12(8-16-13)17-21(18,19)9-10-4-3-5-11(14)6-10/h3-8,17H,2,9H2,1H3. The van der Waals surface area contributed by atoms with Gasteiger partial charge in [0.25, 0.3) is 0 Å². The van der Waals surface area contributed by atoms with Gasteiger partial charge in [-0.1, -0.05) is 23.7 Å². The molecule has 1 aromatic carbocycles. The number of nitrogens with zero attached hydrogens (tertiary/aromatic N) is 2. The van der Waals surface area contributed by atoms with Crippen LogP contribution in [0.4, 0.5) is 5.69 Å². The van der Waals surface area contributed by atoms with Crippen LogP contribution < -0.4 is 9.46 Å². The molecule has 8 heteroatoms. The highest BCUT2D eigenvalue weighted by Gasteiger charge is 2.12. The summed E-state index contributed by atoms with van der Waals surface area (Å²) in [6.45, 7) is 2.25. The summed E-state index contributed by atoms with van der Waals surface area (Å²) in [4.78, 5) is 7.78. The zero-order valence-electron chi connectivity index (χ0n) is 11.3. The average Bonchev–Trinajstić information content (AvgIpc) is 2.40. The maximum Gasteiger partial charge on any atom is 0.316 e. The van der Waals surface area contributed by atoms with E-state index in [-0.39, 0.29) is 17.5 Å². The van der Waals surface area contributed by atoms with Gasteiger partial charge in [-0.2, -0.15) is 0 Å². The number of rotatable bonds is 6. The van der Waals surface area contributed by atoms with E-state index >= 15 is 0 Å². The fourth-order valence-corrected chi connectivity index (χ4v) is 3.00. The number of aromatic nitrogens is 2. The molecule has 112 valence electrons. The van der Waals surface area contributed by atoms with E-state index in [9.17, 15) is 8.42 Å². The van der Waals surface area contributed by atoms with E-state index in [0.29, 0.717) is 17.2 Å². The van der Waals surface area contributed by atoms with Gasteiger partial charge in [-0.3, -0.25) is 4.72 Å². The Hall–Kier alpha value is -1.86. The Kier molecular flexibility index (Phi) is 4.98. The van der Waals surface area contributed by atoms with E-state index in [0.717, 1.165) is 0 Å². The molecule has 0 radical (unpaired) electrons. The van der Waals surface area contributed by atoms with Crippen LogP contribution in [0.1, 0.15) is 12.5 Å². The second-order valence-corrected chi connectivity index (χ2v) is 6.34. The fourth-order valence-electron chi connectivity index (χ4n) is 1.63. The van der Waals surface area contributed by atoms with Crippen molar-refractivity contribution in [1.29, 1.82) is 0 Å². The molecule has 1 heterocycles. The molecule has 2 aromatic rings. The van der Waals surface area contributed by atoms with Crippen molar-refractivity contribution in [3.63, 3.8) is 0 Å². The molecule has 0 amide bonds. The first kappa shape index (κ1) is 15.5. The highest BCUT2D eigenvalue weighted by Crippen LogP contribution is 2.15. The number of halogens is 1. The number of ether oxygens (including phenoxy) is 1. The van der Waals surface area contributed by atoms with Crippen molar-refractivity contribution in [3.8, 4) is 6.01 Å². The minimum absolute atomic E-state index is 0.180. The Balaban J connectivity index is 2.06. The summed E-state index contributed by atoms with van der Waals surface area (Å²) in [5, 5.41) is 0.493. The van der Waals surface area contributed by atoms with Crippen molar-refractivity contribution in [1.82, 2.24) is 9.97 Å². The molecule has 0 unspecified atom stereocenters. The van der Waals surface area contributed by atoms with Crippen molar-refractivity contribution in [2.45, 2.75) is 12.7 Å². The fraction of sp³-hybridized carbons (Fsp3) is 0.231. The molecule has 0 aliphatic heterocycles. The van der Waals surface area contributed by atoms with Crippen molar-refractivity contribution >= 4 is 27.3 Å². The van der Waals surface area contributed by atoms with Crippen LogP contribution in [0.15, 0.2) is 36.7 Å². The van der Waals surface area contributed by atoms with E-state index in [2.05, 4.69) is 14.7 Å². The second-order valence-electron chi connectivity index (χ2n) is 4.18. The summed E-state index contributed by atoms with van der Waals surface area (Å²) in [7, 11) is -3.56. The number of sulfonamides is 1. The number of nitrogens with one attached hydrogen (secondary N) is 1. The zero-order valence-corrected chi connectivity index (χ0v) is 12.9. The molecular formula is C13H14ClN3O3S. The monoisotopic (exact) mass is 327 g/mol. The van der Waals surface area contributed by atoms with E-state index in [1.807, 2.05) is 6.92 Å². The third kappa shape index (κ3) is 4.87. The average molecular weight is 328 g/mol. The Labute approximate surface area is 128 Å². The third-order valence-electron chi connectivity index (χ3n) is 2.42. The van der Waals surface area contributed by atoms with Gasteiger partial charge in [0.2, 0.25) is 10.0 Å². The summed E-state index contributed by atoms with van der Waals surface area (Å²) in [5.74, 6) is -0.180. The normalized spacial score (nSPS) is 11.1. The van der Waals surface area contributed by atoms with Gasteiger partial charge in [0.1, 0.15) is 0 Å². The smallest absolute Gasteiger partial charge is 0.316 e. The van der Waals surface area contributed by atoms with E-state index in [1.54, 1.807) is 24.3 Å². The first-order valence-corrected chi connectivity index (χ1v) is 8.21. The van der Waals surface area contributed by atoms with Gasteiger partial charge in [-0.15, -0.1) is 0 Å². The van der Waals surface area contributed by atoms with Crippen LogP contribution in [0.3, 0.4) is 0 Å². The molecular weight excluding hydrogens is 314 g/mol. The van der Waals surface area contributed by atoms with Crippen molar-refractivity contribution in [2.24, 2.45) is 0 Å². The topological polar surface area (TPSA) is 81.2 Å². The molecule has 0 saturated heterocycles. The lowest BCUT2D eigenvalue weighted by atomic mass is 10.2. The summed E-state index contributed by atoms with van der Waals surface area (Å²) in [6.07, 6.45) is 2.71. The van der Waals surface area contributed by atoms with Gasteiger partial charge < -0.3 is 4.74 Å². The Morgan fingerprint density at radius 3 is 2.62 bits per heavy atom. The third-order valence-corrected chi connectivity index (χ3v) is 3.92. The molecule has 0 saturated carbocycles. The molecule has 0 spiro atoms. The summed E-state index contributed by atoms with van der Waals surface area (Å²) in [5.41, 5.74) is 0.877. The zero-order chi connectivity index (χ0) is 15.3. The van der Waals surface area contributed by atoms with Crippen molar-refractivity contribution in [3.05, 3.63) is 47.2 Å². The largest absolute Gasteiger partial charge is 0.464 e. The molecule has 1 N–H and O–H groups in total. The minimum Gasteiger partial charge on any atom is -0.464 e. The maximum atomic E-state index is 12.1. The van der Waals surface area contributed by atoms with Crippen LogP contribution in [0.5, 0.6) is 6.01 Å². The molecule has 1 aromatic heterocycles. The second kappa shape index (κ2) is 6.73. The van der Waals surface area contributed by atoms with Gasteiger partial charge in [0.05, 0.1) is 30.4 Å². The highest BCUT2D eigenvalue weighted by molar-refractivity contribution is 7.91. The number of benzene rings is 1. The van der Waals surface area contributed by atoms with Crippen molar-refractivity contribution in [2.75, 3.05) is 11.3 Å². The minimum atomic E-state index is -3.56. The van der Waals surface area contributed by atoms with Crippen LogP contribution in [0.2, 0.25) is 5.02 Å². The van der Waals surface area contributed by atoms with E-state index in [4.69, 9.17) is 16.3 Å². The first-order valence-electron chi connectivity index (χ1n) is 6.18. The Bertz CT molecular complexity index is 705. The molecule has 0 bridgehead atoms. The molecule has 0 aliphatic rings. The van der Waals surface area contributed by atoms with E-state index in [1.165, 1.54) is 12.4 Å². The molecule has 0 aliphatic carbocycles. The lowest BCUT2D eigenvalue weighted by Gasteiger charge is -2.08. The predicted molar refractivity (Wildman–Crippen MR) is 80.9 cm³/mol. The SMILES string of the molecule is CCOc1ncc(NS(=O)(=O)Cc2cccc(Cl)c2)cn1. The van der Waals surface area contributed by atoms with E-state index < -0.39 is 10.0 Å². The molecule has 0 atom stereocenters. The van der Waals surface area contributed by atoms with Gasteiger partial charge in [-0.05, 0) is 24.6 Å². The van der Waals surface area contributed by atoms with Gasteiger partial charge in [-0.25, -0.2) is 18.4 Å². The Morgan fingerprint density at radius 1 is 1.29 bits per heavy atom. The van der Waals surface area contributed by atoms with Crippen LogP contribution in [0, 0.1) is 0 Å². The summed E-state index contributed by atoms with van der Waals surface area (Å²) >= 11 is 5.83. The van der Waals surface area contributed by atoms with Gasteiger partial charge >= 0.3 is 6.01 Å². The summed E-state index contributed by atoms with van der Waals surface area (Å²) < 4.78 is 31.6. The molecule has 2 rings (SSSR count). The number of anilines is 1. The van der Waals surface area contributed by atoms with Crippen LogP contribution >= 0.6 is 11.6 Å². The van der Waals surface area contributed by atoms with Gasteiger partial charge in [0.15, 0.2) is 0 Å². The van der Waals surface area contributed by atoms with Crippen LogP contribution in [-0.2, 0) is 15.8 Å². The quantitative estimate of drug-likeness (QED) is 0.881. The number of hydrogen-bond donors (Lipinski definition) is 1. The highest BCUT2D eigenvalue weighted by atomic mass is 35.5. The van der Waals surface area contributed by atoms with Crippen molar-refractivity contribution < 1.29 is 13.2 Å². The number of hydrogen-bond acceptors (Lipinski definition) is 5. The lowest BCUT2D eigenvalue weighted by Crippen LogP contribution is -2.15. The summed E-state index contributed by atoms with van der Waals surface area (Å²) in [6, 6.07) is 6.89. The van der Waals surface area contributed by atoms with Crippen LogP contribution in [-0.4, -0.2) is 25.0 Å². The predicted octanol–water partition coefficient (Wildman–Crippen LogP) is 2.47. The van der Waals surface area contributed by atoms with Crippen LogP contribution in [0.25, 0.3) is 0 Å².